The van der Waals surface area contributed by atoms with Crippen LogP contribution in [0, 0.1) is 0 Å². The lowest BCUT2D eigenvalue weighted by Gasteiger charge is -2.22. The molecule has 0 aliphatic rings. The molecule has 98 valence electrons. The Bertz CT molecular complexity index is 403. The first-order valence-electron chi connectivity index (χ1n) is 5.86. The van der Waals surface area contributed by atoms with Gasteiger partial charge in [0.2, 0.25) is 0 Å². The van der Waals surface area contributed by atoms with Crippen molar-refractivity contribution in [1.29, 1.82) is 0 Å². The molecule has 0 spiro atoms. The largest absolute Gasteiger partial charge is 0.387 e. The van der Waals surface area contributed by atoms with Crippen molar-refractivity contribution in [3.8, 4) is 0 Å². The summed E-state index contributed by atoms with van der Waals surface area (Å²) in [4.78, 5) is 13.5. The molecule has 4 heteroatoms. The van der Waals surface area contributed by atoms with Crippen LogP contribution in [-0.4, -0.2) is 31.2 Å². The van der Waals surface area contributed by atoms with Crippen LogP contribution in [0.5, 0.6) is 0 Å². The number of ketones is 1. The van der Waals surface area contributed by atoms with E-state index in [1.165, 1.54) is 0 Å². The van der Waals surface area contributed by atoms with Crippen LogP contribution in [0.2, 0.25) is 0 Å². The van der Waals surface area contributed by atoms with Crippen LogP contribution in [0.4, 0.5) is 0 Å². The molecule has 0 aliphatic heterocycles. The van der Waals surface area contributed by atoms with Gasteiger partial charge in [0.15, 0.2) is 5.78 Å². The van der Waals surface area contributed by atoms with Crippen molar-refractivity contribution in [1.82, 2.24) is 10.6 Å². The molecule has 1 aromatic rings. The maximum Gasteiger partial charge on any atom is 0.181 e. The molecule has 2 unspecified atom stereocenters. The second-order valence-electron chi connectivity index (χ2n) is 4.02. The predicted octanol–water partition coefficient (Wildman–Crippen LogP) is 2.30. The molecule has 0 aromatic heterocycles. The Labute approximate surface area is 113 Å². The Morgan fingerprint density at radius 1 is 1.39 bits per heavy atom. The maximum atomic E-state index is 12.3. The number of thioether (sulfide) groups is 1. The summed E-state index contributed by atoms with van der Waals surface area (Å²) < 4.78 is 0. The molecule has 0 saturated carbocycles. The summed E-state index contributed by atoms with van der Waals surface area (Å²) in [6.45, 7) is 5.57. The summed E-state index contributed by atoms with van der Waals surface area (Å²) in [5, 5.41) is 6.09. The van der Waals surface area contributed by atoms with Gasteiger partial charge < -0.3 is 10.6 Å². The molecule has 0 fully saturated rings. The van der Waals surface area contributed by atoms with E-state index in [-0.39, 0.29) is 17.9 Å². The minimum absolute atomic E-state index is 0.000210. The highest BCUT2D eigenvalue weighted by atomic mass is 32.2. The van der Waals surface area contributed by atoms with E-state index in [1.54, 1.807) is 25.0 Å². The summed E-state index contributed by atoms with van der Waals surface area (Å²) in [6.07, 6.45) is 3.63. The first-order valence-corrected chi connectivity index (χ1v) is 7.09. The van der Waals surface area contributed by atoms with Crippen molar-refractivity contribution in [3.05, 3.63) is 42.6 Å². The molecular formula is C14H20N2OS. The van der Waals surface area contributed by atoms with Gasteiger partial charge in [-0.2, -0.15) is 0 Å². The molecule has 3 nitrogen and oxygen atoms in total. The highest BCUT2D eigenvalue weighted by Gasteiger charge is 2.23. The standard InChI is InChI=1S/C14H20N2OS/c1-5-16-10(2)13(15-3)14(17)11-6-8-12(18-4)9-7-11/h5-10,13,15-16H,1H2,2-4H3. The number of benzene rings is 1. The normalized spacial score (nSPS) is 13.7. The lowest BCUT2D eigenvalue weighted by molar-refractivity contribution is 0.0931. The van der Waals surface area contributed by atoms with Gasteiger partial charge in [0.05, 0.1) is 6.04 Å². The molecule has 0 aliphatic carbocycles. The average molecular weight is 264 g/mol. The molecule has 2 N–H and O–H groups in total. The van der Waals surface area contributed by atoms with Gasteiger partial charge in [-0.25, -0.2) is 0 Å². The van der Waals surface area contributed by atoms with Crippen LogP contribution < -0.4 is 10.6 Å². The third-order valence-corrected chi connectivity index (χ3v) is 3.59. The summed E-state index contributed by atoms with van der Waals surface area (Å²) in [5.74, 6) is 0.0898. The summed E-state index contributed by atoms with van der Waals surface area (Å²) in [7, 11) is 1.79. The zero-order valence-corrected chi connectivity index (χ0v) is 11.9. The van der Waals surface area contributed by atoms with Crippen LogP contribution >= 0.6 is 11.8 Å². The third-order valence-electron chi connectivity index (χ3n) is 2.85. The smallest absolute Gasteiger partial charge is 0.181 e. The summed E-state index contributed by atoms with van der Waals surface area (Å²) in [5.41, 5.74) is 0.727. The quantitative estimate of drug-likeness (QED) is 0.586. The number of rotatable bonds is 7. The Kier molecular flexibility index (Phi) is 5.95. The highest BCUT2D eigenvalue weighted by molar-refractivity contribution is 7.98. The number of hydrogen-bond acceptors (Lipinski definition) is 4. The van der Waals surface area contributed by atoms with Crippen LogP contribution in [0.3, 0.4) is 0 Å². The number of nitrogens with one attached hydrogen (secondary N) is 2. The Morgan fingerprint density at radius 2 is 2.00 bits per heavy atom. The molecule has 1 aromatic carbocycles. The molecule has 1 rings (SSSR count). The third kappa shape index (κ3) is 3.62. The van der Waals surface area contributed by atoms with Gasteiger partial charge in [-0.05, 0) is 38.6 Å². The number of Topliss-reactive ketones (excluding diaryl/α,β-unsaturated/α-hetero) is 1. The van der Waals surface area contributed by atoms with Gasteiger partial charge in [-0.15, -0.1) is 11.8 Å². The minimum atomic E-state index is -0.261. The Balaban J connectivity index is 2.85. The summed E-state index contributed by atoms with van der Waals surface area (Å²) >= 11 is 1.67. The van der Waals surface area contributed by atoms with Gasteiger partial charge in [0.25, 0.3) is 0 Å². The lowest BCUT2D eigenvalue weighted by atomic mass is 9.99. The van der Waals surface area contributed by atoms with E-state index >= 15 is 0 Å². The van der Waals surface area contributed by atoms with Crippen molar-refractivity contribution in [2.45, 2.75) is 23.9 Å². The maximum absolute atomic E-state index is 12.3. The van der Waals surface area contributed by atoms with Crippen molar-refractivity contribution in [2.75, 3.05) is 13.3 Å². The highest BCUT2D eigenvalue weighted by Crippen LogP contribution is 2.16. The van der Waals surface area contributed by atoms with E-state index in [0.29, 0.717) is 0 Å². The van der Waals surface area contributed by atoms with E-state index in [1.807, 2.05) is 37.4 Å². The number of carbonyl (C=O) groups excluding carboxylic acids is 1. The van der Waals surface area contributed by atoms with Gasteiger partial charge in [-0.1, -0.05) is 18.7 Å². The number of likely N-dealkylation sites (N-methyl/N-ethyl adjacent to an activating group) is 1. The van der Waals surface area contributed by atoms with E-state index in [0.717, 1.165) is 10.5 Å². The molecule has 0 heterocycles. The second kappa shape index (κ2) is 7.24. The molecule has 0 radical (unpaired) electrons. The first kappa shape index (κ1) is 14.8. The Hall–Kier alpha value is -1.26. The van der Waals surface area contributed by atoms with E-state index < -0.39 is 0 Å². The Morgan fingerprint density at radius 3 is 2.44 bits per heavy atom. The summed E-state index contributed by atoms with van der Waals surface area (Å²) in [6, 6.07) is 7.42. The molecule has 2 atom stereocenters. The number of hydrogen-bond donors (Lipinski definition) is 2. The average Bonchev–Trinajstić information content (AvgIpc) is 2.40. The van der Waals surface area contributed by atoms with Crippen molar-refractivity contribution in [2.24, 2.45) is 0 Å². The van der Waals surface area contributed by atoms with Crippen molar-refractivity contribution in [3.63, 3.8) is 0 Å². The van der Waals surface area contributed by atoms with Gasteiger partial charge in [0, 0.05) is 16.5 Å². The van der Waals surface area contributed by atoms with E-state index in [2.05, 4.69) is 17.2 Å². The van der Waals surface area contributed by atoms with E-state index in [9.17, 15) is 4.79 Å². The fourth-order valence-corrected chi connectivity index (χ4v) is 2.23. The molecule has 0 amide bonds. The predicted molar refractivity (Wildman–Crippen MR) is 78.2 cm³/mol. The topological polar surface area (TPSA) is 41.1 Å². The van der Waals surface area contributed by atoms with Crippen LogP contribution in [0.1, 0.15) is 17.3 Å². The van der Waals surface area contributed by atoms with Crippen molar-refractivity contribution >= 4 is 17.5 Å². The van der Waals surface area contributed by atoms with Gasteiger partial charge in [-0.3, -0.25) is 4.79 Å². The van der Waals surface area contributed by atoms with Crippen LogP contribution in [0.25, 0.3) is 0 Å². The van der Waals surface area contributed by atoms with E-state index in [4.69, 9.17) is 0 Å². The molecule has 18 heavy (non-hydrogen) atoms. The van der Waals surface area contributed by atoms with Gasteiger partial charge >= 0.3 is 0 Å². The zero-order chi connectivity index (χ0) is 13.5. The SMILES string of the molecule is C=CNC(C)C(NC)C(=O)c1ccc(SC)cc1. The monoisotopic (exact) mass is 264 g/mol. The molecule has 0 bridgehead atoms. The first-order chi connectivity index (χ1) is 8.63. The van der Waals surface area contributed by atoms with Crippen LogP contribution in [0.15, 0.2) is 41.9 Å². The van der Waals surface area contributed by atoms with Gasteiger partial charge in [0.1, 0.15) is 0 Å². The zero-order valence-electron chi connectivity index (χ0n) is 11.1. The minimum Gasteiger partial charge on any atom is -0.387 e. The number of carbonyl (C=O) groups is 1. The fraction of sp³-hybridized carbons (Fsp3) is 0.357. The lowest BCUT2D eigenvalue weighted by Crippen LogP contribution is -2.48. The fourth-order valence-electron chi connectivity index (χ4n) is 1.83. The van der Waals surface area contributed by atoms with Crippen molar-refractivity contribution < 1.29 is 4.79 Å². The second-order valence-corrected chi connectivity index (χ2v) is 4.90. The van der Waals surface area contributed by atoms with Crippen LogP contribution in [-0.2, 0) is 0 Å². The molecule has 0 saturated heterocycles. The molecular weight excluding hydrogens is 244 g/mol.